The third-order valence-electron chi connectivity index (χ3n) is 3.50. The highest BCUT2D eigenvalue weighted by Crippen LogP contribution is 2.20. The molecule has 0 spiro atoms. The SMILES string of the molecule is CCCN(C)CCC(NCC)c1cc(C)cc(C)c1. The Labute approximate surface area is 119 Å². The first-order valence-corrected chi connectivity index (χ1v) is 7.57. The average Bonchev–Trinajstić information content (AvgIpc) is 2.33. The van der Waals surface area contributed by atoms with E-state index in [0.29, 0.717) is 6.04 Å². The summed E-state index contributed by atoms with van der Waals surface area (Å²) in [7, 11) is 2.22. The summed E-state index contributed by atoms with van der Waals surface area (Å²) >= 11 is 0. The molecule has 2 nitrogen and oxygen atoms in total. The van der Waals surface area contributed by atoms with E-state index in [2.05, 4.69) is 63.2 Å². The van der Waals surface area contributed by atoms with Crippen LogP contribution in [-0.2, 0) is 0 Å². The fraction of sp³-hybridized carbons (Fsp3) is 0.647. The van der Waals surface area contributed by atoms with Crippen molar-refractivity contribution in [2.75, 3.05) is 26.7 Å². The zero-order valence-electron chi connectivity index (χ0n) is 13.3. The summed E-state index contributed by atoms with van der Waals surface area (Å²) < 4.78 is 0. The molecule has 1 N–H and O–H groups in total. The zero-order chi connectivity index (χ0) is 14.3. The van der Waals surface area contributed by atoms with Crippen LogP contribution in [0.15, 0.2) is 18.2 Å². The minimum Gasteiger partial charge on any atom is -0.310 e. The van der Waals surface area contributed by atoms with Crippen molar-refractivity contribution in [3.63, 3.8) is 0 Å². The third kappa shape index (κ3) is 5.75. The average molecular weight is 262 g/mol. The molecule has 0 fully saturated rings. The van der Waals surface area contributed by atoms with Gasteiger partial charge in [0.25, 0.3) is 0 Å². The number of nitrogens with zero attached hydrogens (tertiary/aromatic N) is 1. The summed E-state index contributed by atoms with van der Waals surface area (Å²) in [5.74, 6) is 0. The first kappa shape index (κ1) is 16.2. The van der Waals surface area contributed by atoms with Crippen LogP contribution in [0, 0.1) is 13.8 Å². The van der Waals surface area contributed by atoms with Crippen LogP contribution in [0.4, 0.5) is 0 Å². The molecule has 0 saturated heterocycles. The number of nitrogens with one attached hydrogen (secondary N) is 1. The lowest BCUT2D eigenvalue weighted by Gasteiger charge is -2.23. The monoisotopic (exact) mass is 262 g/mol. The predicted octanol–water partition coefficient (Wildman–Crippen LogP) is 3.69. The molecule has 1 unspecified atom stereocenters. The normalized spacial score (nSPS) is 12.9. The van der Waals surface area contributed by atoms with Gasteiger partial charge in [0, 0.05) is 6.04 Å². The van der Waals surface area contributed by atoms with Crippen LogP contribution in [0.2, 0.25) is 0 Å². The molecule has 0 aromatic heterocycles. The van der Waals surface area contributed by atoms with E-state index in [-0.39, 0.29) is 0 Å². The largest absolute Gasteiger partial charge is 0.310 e. The third-order valence-corrected chi connectivity index (χ3v) is 3.50. The van der Waals surface area contributed by atoms with Gasteiger partial charge in [0.05, 0.1) is 0 Å². The quantitative estimate of drug-likeness (QED) is 0.768. The van der Waals surface area contributed by atoms with E-state index < -0.39 is 0 Å². The van der Waals surface area contributed by atoms with E-state index >= 15 is 0 Å². The molecule has 19 heavy (non-hydrogen) atoms. The van der Waals surface area contributed by atoms with E-state index in [1.807, 2.05) is 0 Å². The molecule has 0 aliphatic heterocycles. The summed E-state index contributed by atoms with van der Waals surface area (Å²) in [6.07, 6.45) is 2.40. The van der Waals surface area contributed by atoms with Crippen LogP contribution in [0.3, 0.4) is 0 Å². The van der Waals surface area contributed by atoms with Gasteiger partial charge in [-0.3, -0.25) is 0 Å². The van der Waals surface area contributed by atoms with Crippen LogP contribution in [-0.4, -0.2) is 31.6 Å². The Kier molecular flexibility index (Phi) is 7.11. The molecule has 0 bridgehead atoms. The molecule has 1 rings (SSSR count). The standard InChI is InChI=1S/C17H30N2/c1-6-9-19(5)10-8-17(18-7-2)16-12-14(3)11-15(4)13-16/h11-13,17-18H,6-10H2,1-5H3. The van der Waals surface area contributed by atoms with Gasteiger partial charge in [0.2, 0.25) is 0 Å². The number of rotatable bonds is 8. The molecule has 0 heterocycles. The van der Waals surface area contributed by atoms with Gasteiger partial charge < -0.3 is 10.2 Å². The number of hydrogen-bond acceptors (Lipinski definition) is 2. The summed E-state index contributed by atoms with van der Waals surface area (Å²) in [4.78, 5) is 2.42. The highest BCUT2D eigenvalue weighted by molar-refractivity contribution is 5.30. The maximum Gasteiger partial charge on any atom is 0.0332 e. The van der Waals surface area contributed by atoms with E-state index in [4.69, 9.17) is 0 Å². The van der Waals surface area contributed by atoms with Crippen LogP contribution < -0.4 is 5.32 Å². The minimum absolute atomic E-state index is 0.475. The highest BCUT2D eigenvalue weighted by atomic mass is 15.1. The molecule has 1 aromatic rings. The van der Waals surface area contributed by atoms with Crippen LogP contribution >= 0.6 is 0 Å². The van der Waals surface area contributed by atoms with E-state index in [0.717, 1.165) is 13.1 Å². The Morgan fingerprint density at radius 2 is 1.68 bits per heavy atom. The molecule has 1 aromatic carbocycles. The van der Waals surface area contributed by atoms with Gasteiger partial charge in [0.15, 0.2) is 0 Å². The van der Waals surface area contributed by atoms with Crippen LogP contribution in [0.5, 0.6) is 0 Å². The smallest absolute Gasteiger partial charge is 0.0332 e. The second kappa shape index (κ2) is 8.34. The van der Waals surface area contributed by atoms with E-state index in [1.54, 1.807) is 0 Å². The number of hydrogen-bond donors (Lipinski definition) is 1. The van der Waals surface area contributed by atoms with Crippen LogP contribution in [0.1, 0.15) is 49.4 Å². The molecule has 2 heteroatoms. The maximum absolute atomic E-state index is 3.62. The lowest BCUT2D eigenvalue weighted by Crippen LogP contribution is -2.27. The highest BCUT2D eigenvalue weighted by Gasteiger charge is 2.12. The summed E-state index contributed by atoms with van der Waals surface area (Å²) in [5, 5.41) is 3.62. The van der Waals surface area contributed by atoms with E-state index in [9.17, 15) is 0 Å². The van der Waals surface area contributed by atoms with Gasteiger partial charge in [-0.05, 0) is 58.9 Å². The van der Waals surface area contributed by atoms with Crippen LogP contribution in [0.25, 0.3) is 0 Å². The lowest BCUT2D eigenvalue weighted by molar-refractivity contribution is 0.309. The van der Waals surface area contributed by atoms with Crippen molar-refractivity contribution in [1.82, 2.24) is 10.2 Å². The molecule has 1 atom stereocenters. The first-order valence-electron chi connectivity index (χ1n) is 7.57. The first-order chi connectivity index (χ1) is 9.06. The van der Waals surface area contributed by atoms with Crippen molar-refractivity contribution < 1.29 is 0 Å². The fourth-order valence-corrected chi connectivity index (χ4v) is 2.69. The molecule has 0 aliphatic rings. The molecule has 0 aliphatic carbocycles. The Morgan fingerprint density at radius 1 is 1.05 bits per heavy atom. The van der Waals surface area contributed by atoms with Gasteiger partial charge in [-0.25, -0.2) is 0 Å². The maximum atomic E-state index is 3.62. The molecule has 0 amide bonds. The lowest BCUT2D eigenvalue weighted by atomic mass is 9.99. The zero-order valence-corrected chi connectivity index (χ0v) is 13.3. The van der Waals surface area contributed by atoms with Crippen molar-refractivity contribution in [3.05, 3.63) is 34.9 Å². The predicted molar refractivity (Wildman–Crippen MR) is 84.7 cm³/mol. The van der Waals surface area contributed by atoms with Gasteiger partial charge >= 0.3 is 0 Å². The van der Waals surface area contributed by atoms with Crippen molar-refractivity contribution in [1.29, 1.82) is 0 Å². The molecule has 0 radical (unpaired) electrons. The Hall–Kier alpha value is -0.860. The summed E-state index contributed by atoms with van der Waals surface area (Å²) in [6.45, 7) is 12.2. The van der Waals surface area contributed by atoms with Gasteiger partial charge in [-0.2, -0.15) is 0 Å². The second-order valence-electron chi connectivity index (χ2n) is 5.62. The molecule has 108 valence electrons. The number of aryl methyl sites for hydroxylation is 2. The summed E-state index contributed by atoms with van der Waals surface area (Å²) in [5.41, 5.74) is 4.16. The van der Waals surface area contributed by atoms with Gasteiger partial charge in [-0.1, -0.05) is 43.2 Å². The molecular formula is C17H30N2. The molecular weight excluding hydrogens is 232 g/mol. The fourth-order valence-electron chi connectivity index (χ4n) is 2.69. The van der Waals surface area contributed by atoms with E-state index in [1.165, 1.54) is 36.1 Å². The second-order valence-corrected chi connectivity index (χ2v) is 5.62. The van der Waals surface area contributed by atoms with Crippen molar-refractivity contribution >= 4 is 0 Å². The topological polar surface area (TPSA) is 15.3 Å². The van der Waals surface area contributed by atoms with Crippen molar-refractivity contribution in [2.24, 2.45) is 0 Å². The summed E-state index contributed by atoms with van der Waals surface area (Å²) in [6, 6.07) is 7.36. The van der Waals surface area contributed by atoms with Crippen molar-refractivity contribution in [3.8, 4) is 0 Å². The minimum atomic E-state index is 0.475. The van der Waals surface area contributed by atoms with Gasteiger partial charge in [-0.15, -0.1) is 0 Å². The Bertz CT molecular complexity index is 353. The van der Waals surface area contributed by atoms with Crippen molar-refractivity contribution in [2.45, 2.75) is 46.6 Å². The number of benzene rings is 1. The molecule has 0 saturated carbocycles. The van der Waals surface area contributed by atoms with Gasteiger partial charge in [0.1, 0.15) is 0 Å². The Morgan fingerprint density at radius 3 is 2.21 bits per heavy atom. The Balaban J connectivity index is 2.70.